The van der Waals surface area contributed by atoms with Gasteiger partial charge >= 0.3 is 0 Å². The lowest BCUT2D eigenvalue weighted by Gasteiger charge is -2.33. The van der Waals surface area contributed by atoms with Crippen molar-refractivity contribution in [3.63, 3.8) is 0 Å². The second kappa shape index (κ2) is 7.14. The Morgan fingerprint density at radius 2 is 2.00 bits per heavy atom. The Morgan fingerprint density at radius 1 is 1.27 bits per heavy atom. The van der Waals surface area contributed by atoms with Gasteiger partial charge in [-0.2, -0.15) is 0 Å². The van der Waals surface area contributed by atoms with Crippen LogP contribution >= 0.6 is 0 Å². The van der Waals surface area contributed by atoms with Crippen LogP contribution in [-0.4, -0.2) is 34.8 Å². The normalized spacial score (nSPS) is 17.2. The van der Waals surface area contributed by atoms with E-state index < -0.39 is 5.41 Å². The molecule has 2 heterocycles. The Labute approximate surface area is 155 Å². The molecule has 1 aromatic carbocycles. The van der Waals surface area contributed by atoms with Crippen LogP contribution in [-0.2, 0) is 16.0 Å². The first kappa shape index (κ1) is 18.5. The van der Waals surface area contributed by atoms with Gasteiger partial charge in [0.05, 0.1) is 6.04 Å². The Morgan fingerprint density at radius 3 is 2.73 bits per heavy atom. The van der Waals surface area contributed by atoms with Crippen LogP contribution in [0.25, 0.3) is 10.9 Å². The maximum absolute atomic E-state index is 12.7. The maximum Gasteiger partial charge on any atom is 0.225 e. The lowest BCUT2D eigenvalue weighted by Crippen LogP contribution is -2.39. The van der Waals surface area contributed by atoms with Gasteiger partial charge in [0, 0.05) is 41.5 Å². The smallest absolute Gasteiger partial charge is 0.225 e. The van der Waals surface area contributed by atoms with E-state index >= 15 is 0 Å². The molecule has 1 unspecified atom stereocenters. The fourth-order valence-corrected chi connectivity index (χ4v) is 3.62. The van der Waals surface area contributed by atoms with Crippen molar-refractivity contribution >= 4 is 22.7 Å². The first-order valence-corrected chi connectivity index (χ1v) is 9.46. The predicted molar refractivity (Wildman–Crippen MR) is 104 cm³/mol. The number of carbonyl (C=O) groups is 2. The van der Waals surface area contributed by atoms with Gasteiger partial charge in [-0.1, -0.05) is 39.0 Å². The molecule has 0 spiro atoms. The van der Waals surface area contributed by atoms with Crippen molar-refractivity contribution in [3.8, 4) is 0 Å². The monoisotopic (exact) mass is 355 g/mol. The van der Waals surface area contributed by atoms with E-state index in [0.29, 0.717) is 19.4 Å². The van der Waals surface area contributed by atoms with Crippen molar-refractivity contribution in [2.24, 2.45) is 5.41 Å². The molecule has 5 nitrogen and oxygen atoms in total. The minimum Gasteiger partial charge on any atom is -0.356 e. The first-order valence-electron chi connectivity index (χ1n) is 9.46. The number of aromatic amines is 1. The van der Waals surface area contributed by atoms with Crippen LogP contribution < -0.4 is 5.32 Å². The summed E-state index contributed by atoms with van der Waals surface area (Å²) in [6, 6.07) is 8.38. The van der Waals surface area contributed by atoms with Gasteiger partial charge in [0.2, 0.25) is 11.8 Å². The fourth-order valence-electron chi connectivity index (χ4n) is 3.62. The van der Waals surface area contributed by atoms with E-state index in [-0.39, 0.29) is 17.9 Å². The van der Waals surface area contributed by atoms with Gasteiger partial charge in [0.1, 0.15) is 0 Å². The molecule has 0 saturated heterocycles. The molecule has 0 fully saturated rings. The van der Waals surface area contributed by atoms with Crippen molar-refractivity contribution in [1.82, 2.24) is 15.2 Å². The van der Waals surface area contributed by atoms with Crippen molar-refractivity contribution in [1.29, 1.82) is 0 Å². The molecule has 0 aliphatic carbocycles. The molecule has 140 valence electrons. The zero-order chi connectivity index (χ0) is 18.9. The molecule has 26 heavy (non-hydrogen) atoms. The molecule has 1 atom stereocenters. The number of aromatic nitrogens is 1. The highest BCUT2D eigenvalue weighted by Gasteiger charge is 2.30. The van der Waals surface area contributed by atoms with Gasteiger partial charge in [-0.25, -0.2) is 0 Å². The number of hydrogen-bond donors (Lipinski definition) is 2. The third-order valence-corrected chi connectivity index (χ3v) is 5.19. The molecule has 3 rings (SSSR count). The Hall–Kier alpha value is -2.30. The van der Waals surface area contributed by atoms with Crippen LogP contribution in [0, 0.1) is 5.41 Å². The number of amides is 2. The summed E-state index contributed by atoms with van der Waals surface area (Å²) in [6.07, 6.45) is 2.02. The highest BCUT2D eigenvalue weighted by atomic mass is 16.2. The molecule has 1 aromatic heterocycles. The van der Waals surface area contributed by atoms with E-state index in [2.05, 4.69) is 35.4 Å². The topological polar surface area (TPSA) is 65.2 Å². The van der Waals surface area contributed by atoms with Gasteiger partial charge in [0.25, 0.3) is 0 Å². The number of H-pyrrole nitrogens is 1. The van der Waals surface area contributed by atoms with Crippen LogP contribution in [0.1, 0.15) is 57.8 Å². The summed E-state index contributed by atoms with van der Waals surface area (Å²) in [6.45, 7) is 9.06. The third kappa shape index (κ3) is 3.62. The second-order valence-corrected chi connectivity index (χ2v) is 8.19. The molecule has 0 bridgehead atoms. The number of para-hydroxylation sites is 1. The maximum atomic E-state index is 12.7. The van der Waals surface area contributed by atoms with E-state index in [4.69, 9.17) is 0 Å². The number of hydrogen-bond acceptors (Lipinski definition) is 2. The lowest BCUT2D eigenvalue weighted by molar-refractivity contribution is -0.134. The fraction of sp³-hybridized carbons (Fsp3) is 0.524. The zero-order valence-corrected chi connectivity index (χ0v) is 16.2. The average Bonchev–Trinajstić information content (AvgIpc) is 2.97. The molecular formula is C21H29N3O2. The van der Waals surface area contributed by atoms with Gasteiger partial charge in [-0.15, -0.1) is 0 Å². The summed E-state index contributed by atoms with van der Waals surface area (Å²) in [4.78, 5) is 30.0. The minimum atomic E-state index is -0.391. The summed E-state index contributed by atoms with van der Waals surface area (Å²) < 4.78 is 0. The highest BCUT2D eigenvalue weighted by Crippen LogP contribution is 2.34. The highest BCUT2D eigenvalue weighted by molar-refractivity contribution is 5.86. The molecule has 2 amide bonds. The Bertz CT molecular complexity index is 816. The van der Waals surface area contributed by atoms with Crippen LogP contribution in [0.3, 0.4) is 0 Å². The van der Waals surface area contributed by atoms with Crippen molar-refractivity contribution in [2.75, 3.05) is 13.1 Å². The summed E-state index contributed by atoms with van der Waals surface area (Å²) in [5.74, 6) is 0.186. The molecule has 2 aromatic rings. The largest absolute Gasteiger partial charge is 0.356 e. The number of carbonyl (C=O) groups excluding carboxylic acids is 2. The molecule has 2 N–H and O–H groups in total. The quantitative estimate of drug-likeness (QED) is 0.824. The Kier molecular flexibility index (Phi) is 5.08. The summed E-state index contributed by atoms with van der Waals surface area (Å²) in [5.41, 5.74) is 3.25. The van der Waals surface area contributed by atoms with Crippen LogP contribution in [0.5, 0.6) is 0 Å². The minimum absolute atomic E-state index is 0.0269. The number of fused-ring (bicyclic) bond motifs is 3. The van der Waals surface area contributed by atoms with Gasteiger partial charge in [-0.3, -0.25) is 9.59 Å². The van der Waals surface area contributed by atoms with E-state index in [1.807, 2.05) is 31.7 Å². The van der Waals surface area contributed by atoms with Gasteiger partial charge in [-0.05, 0) is 31.4 Å². The summed E-state index contributed by atoms with van der Waals surface area (Å²) >= 11 is 0. The van der Waals surface area contributed by atoms with Crippen LogP contribution in [0.2, 0.25) is 0 Å². The number of nitrogens with zero attached hydrogens (tertiary/aromatic N) is 1. The molecule has 0 saturated carbocycles. The van der Waals surface area contributed by atoms with Gasteiger partial charge in [0.15, 0.2) is 0 Å². The van der Waals surface area contributed by atoms with E-state index in [0.717, 1.165) is 24.2 Å². The third-order valence-electron chi connectivity index (χ3n) is 5.19. The molecule has 1 aliphatic rings. The number of benzene rings is 1. The molecule has 0 radical (unpaired) electrons. The summed E-state index contributed by atoms with van der Waals surface area (Å²) in [7, 11) is 0. The SMILES string of the molecule is CC1c2[nH]c3ccccc3c2CCN1C(=O)CCCNC(=O)C(C)(C)C. The van der Waals surface area contributed by atoms with Gasteiger partial charge < -0.3 is 15.2 Å². The summed E-state index contributed by atoms with van der Waals surface area (Å²) in [5, 5.41) is 4.18. The van der Waals surface area contributed by atoms with E-state index in [9.17, 15) is 9.59 Å². The second-order valence-electron chi connectivity index (χ2n) is 8.19. The van der Waals surface area contributed by atoms with Crippen molar-refractivity contribution in [2.45, 2.75) is 53.0 Å². The zero-order valence-electron chi connectivity index (χ0n) is 16.2. The number of nitrogens with one attached hydrogen (secondary N) is 2. The Balaban J connectivity index is 1.58. The lowest BCUT2D eigenvalue weighted by atomic mass is 9.95. The van der Waals surface area contributed by atoms with E-state index in [1.54, 1.807) is 0 Å². The predicted octanol–water partition coefficient (Wildman–Crippen LogP) is 3.56. The number of rotatable bonds is 4. The van der Waals surface area contributed by atoms with Crippen molar-refractivity contribution in [3.05, 3.63) is 35.5 Å². The van der Waals surface area contributed by atoms with Crippen LogP contribution in [0.15, 0.2) is 24.3 Å². The first-order chi connectivity index (χ1) is 12.3. The van der Waals surface area contributed by atoms with E-state index in [1.165, 1.54) is 10.9 Å². The molecule has 1 aliphatic heterocycles. The standard InChI is InChI=1S/C21H29N3O2/c1-14-19-16(15-8-5-6-9-17(15)23-19)11-13-24(14)18(25)10-7-12-22-20(26)21(2,3)4/h5-6,8-9,14,23H,7,10-13H2,1-4H3,(H,22,26). The average molecular weight is 355 g/mol. The van der Waals surface area contributed by atoms with Crippen molar-refractivity contribution < 1.29 is 9.59 Å². The van der Waals surface area contributed by atoms with Crippen LogP contribution in [0.4, 0.5) is 0 Å². The molecular weight excluding hydrogens is 326 g/mol. The molecule has 5 heteroatoms.